The molecule has 1 rings (SSSR count). The van der Waals surface area contributed by atoms with Crippen LogP contribution in [0.4, 0.5) is 0 Å². The summed E-state index contributed by atoms with van der Waals surface area (Å²) in [5, 5.41) is 0. The number of hydrogen-bond donors (Lipinski definition) is 0. The molecule has 0 bridgehead atoms. The highest BCUT2D eigenvalue weighted by Gasteiger charge is 2.11. The smallest absolute Gasteiger partial charge is 0.219 e. The Hall–Kier alpha value is -0.570. The summed E-state index contributed by atoms with van der Waals surface area (Å²) in [6, 6.07) is 0. The van der Waals surface area contributed by atoms with Crippen molar-refractivity contribution in [1.82, 2.24) is 9.80 Å². The minimum Gasteiger partial charge on any atom is -0.343 e. The molecular formula is C18H40N2O. The molecule has 0 unspecified atom stereocenters. The molecule has 1 aliphatic rings. The van der Waals surface area contributed by atoms with E-state index in [9.17, 15) is 4.79 Å². The molecule has 0 radical (unpaired) electrons. The van der Waals surface area contributed by atoms with Crippen molar-refractivity contribution in [2.75, 3.05) is 32.7 Å². The molecule has 21 heavy (non-hydrogen) atoms. The molecule has 128 valence electrons. The third kappa shape index (κ3) is 12.9. The van der Waals surface area contributed by atoms with Crippen LogP contribution < -0.4 is 0 Å². The summed E-state index contributed by atoms with van der Waals surface area (Å²) in [6.07, 6.45) is 7.42. The number of amides is 1. The zero-order valence-corrected chi connectivity index (χ0v) is 15.6. The summed E-state index contributed by atoms with van der Waals surface area (Å²) in [5.41, 5.74) is 0. The van der Waals surface area contributed by atoms with Gasteiger partial charge >= 0.3 is 0 Å². The highest BCUT2D eigenvalue weighted by molar-refractivity contribution is 5.73. The number of likely N-dealkylation sites (tertiary alicyclic amines) is 1. The van der Waals surface area contributed by atoms with Gasteiger partial charge in [0, 0.05) is 20.0 Å². The highest BCUT2D eigenvalue weighted by atomic mass is 16.2. The van der Waals surface area contributed by atoms with E-state index in [4.69, 9.17) is 0 Å². The lowest BCUT2D eigenvalue weighted by atomic mass is 10.2. The molecule has 1 heterocycles. The fourth-order valence-electron chi connectivity index (χ4n) is 2.42. The summed E-state index contributed by atoms with van der Waals surface area (Å²) in [7, 11) is 0. The number of unbranched alkanes of at least 4 members (excludes halogenated alkanes) is 2. The van der Waals surface area contributed by atoms with Gasteiger partial charge in [-0.05, 0) is 51.7 Å². The maximum Gasteiger partial charge on any atom is 0.219 e. The number of carbonyl (C=O) groups excluding carboxylic acids is 1. The molecule has 1 fully saturated rings. The van der Waals surface area contributed by atoms with Gasteiger partial charge in [-0.25, -0.2) is 0 Å². The van der Waals surface area contributed by atoms with Gasteiger partial charge in [-0.2, -0.15) is 0 Å². The lowest BCUT2D eigenvalue weighted by molar-refractivity contribution is -0.129. The number of rotatable bonds is 8. The van der Waals surface area contributed by atoms with Gasteiger partial charge in [0.25, 0.3) is 0 Å². The molecule has 3 nitrogen and oxygen atoms in total. The van der Waals surface area contributed by atoms with Crippen molar-refractivity contribution in [3.63, 3.8) is 0 Å². The Labute approximate surface area is 134 Å². The van der Waals surface area contributed by atoms with Crippen molar-refractivity contribution < 1.29 is 4.79 Å². The van der Waals surface area contributed by atoms with Crippen molar-refractivity contribution in [3.05, 3.63) is 0 Å². The van der Waals surface area contributed by atoms with Crippen LogP contribution in [-0.4, -0.2) is 48.4 Å². The van der Waals surface area contributed by atoms with Crippen LogP contribution in [-0.2, 0) is 4.79 Å². The van der Waals surface area contributed by atoms with Gasteiger partial charge in [-0.15, -0.1) is 0 Å². The fraction of sp³-hybridized carbons (Fsp3) is 0.944. The van der Waals surface area contributed by atoms with Gasteiger partial charge in [-0.1, -0.05) is 41.0 Å². The summed E-state index contributed by atoms with van der Waals surface area (Å²) in [6.45, 7) is 17.5. The first-order valence-corrected chi connectivity index (χ1v) is 9.22. The summed E-state index contributed by atoms with van der Waals surface area (Å²) in [4.78, 5) is 16.0. The van der Waals surface area contributed by atoms with Gasteiger partial charge < -0.3 is 9.80 Å². The monoisotopic (exact) mass is 300 g/mol. The van der Waals surface area contributed by atoms with Crippen LogP contribution in [0.5, 0.6) is 0 Å². The van der Waals surface area contributed by atoms with Crippen LogP contribution in [0.25, 0.3) is 0 Å². The predicted molar refractivity (Wildman–Crippen MR) is 94.8 cm³/mol. The van der Waals surface area contributed by atoms with E-state index in [-0.39, 0.29) is 5.91 Å². The average Bonchev–Trinajstić information content (AvgIpc) is 3.03. The van der Waals surface area contributed by atoms with E-state index in [1.54, 1.807) is 6.92 Å². The van der Waals surface area contributed by atoms with Crippen molar-refractivity contribution in [2.45, 2.75) is 80.1 Å². The maximum atomic E-state index is 11.4. The Kier molecular flexibility index (Phi) is 18.9. The maximum absolute atomic E-state index is 11.4. The lowest BCUT2D eigenvalue weighted by Gasteiger charge is -2.21. The van der Waals surface area contributed by atoms with Gasteiger partial charge in [-0.3, -0.25) is 4.79 Å². The quantitative estimate of drug-likeness (QED) is 0.613. The zero-order chi connectivity index (χ0) is 16.5. The van der Waals surface area contributed by atoms with E-state index in [1.165, 1.54) is 38.9 Å². The molecule has 0 aromatic rings. The van der Waals surface area contributed by atoms with Crippen LogP contribution in [0.3, 0.4) is 0 Å². The second-order valence-electron chi connectivity index (χ2n) is 5.12. The van der Waals surface area contributed by atoms with E-state index in [0.29, 0.717) is 0 Å². The Balaban J connectivity index is 0. The molecule has 1 saturated heterocycles. The highest BCUT2D eigenvalue weighted by Crippen LogP contribution is 2.08. The van der Waals surface area contributed by atoms with Gasteiger partial charge in [0.2, 0.25) is 5.91 Å². The third-order valence-electron chi connectivity index (χ3n) is 3.58. The molecule has 0 aliphatic carbocycles. The van der Waals surface area contributed by atoms with Crippen molar-refractivity contribution in [3.8, 4) is 0 Å². The van der Waals surface area contributed by atoms with Crippen LogP contribution in [0.2, 0.25) is 0 Å². The van der Waals surface area contributed by atoms with Crippen LogP contribution in [0.1, 0.15) is 80.1 Å². The van der Waals surface area contributed by atoms with Gasteiger partial charge in [0.05, 0.1) is 0 Å². The first kappa shape index (κ1) is 22.7. The normalized spacial score (nSPS) is 13.8. The minimum absolute atomic E-state index is 0.236. The van der Waals surface area contributed by atoms with Crippen LogP contribution in [0.15, 0.2) is 0 Å². The fourth-order valence-corrected chi connectivity index (χ4v) is 2.42. The van der Waals surface area contributed by atoms with Gasteiger partial charge in [0.1, 0.15) is 0 Å². The minimum atomic E-state index is 0.236. The Morgan fingerprint density at radius 3 is 1.95 bits per heavy atom. The Morgan fingerprint density at radius 2 is 1.48 bits per heavy atom. The van der Waals surface area contributed by atoms with E-state index in [2.05, 4.69) is 11.8 Å². The van der Waals surface area contributed by atoms with E-state index in [1.807, 2.05) is 32.6 Å². The van der Waals surface area contributed by atoms with E-state index < -0.39 is 0 Å². The first-order valence-electron chi connectivity index (χ1n) is 9.22. The van der Waals surface area contributed by atoms with E-state index in [0.717, 1.165) is 32.4 Å². The van der Waals surface area contributed by atoms with Crippen molar-refractivity contribution >= 4 is 5.91 Å². The van der Waals surface area contributed by atoms with Crippen molar-refractivity contribution in [1.29, 1.82) is 0 Å². The Bertz CT molecular complexity index is 213. The van der Waals surface area contributed by atoms with Crippen molar-refractivity contribution in [2.24, 2.45) is 0 Å². The predicted octanol–water partition coefficient (Wildman–Crippen LogP) is 4.56. The number of carbonyl (C=O) groups is 1. The molecule has 1 amide bonds. The lowest BCUT2D eigenvalue weighted by Crippen LogP contribution is -2.31. The molecule has 1 aliphatic heterocycles. The number of nitrogens with zero attached hydrogens (tertiary/aromatic N) is 2. The topological polar surface area (TPSA) is 23.6 Å². The van der Waals surface area contributed by atoms with Crippen LogP contribution in [0, 0.1) is 0 Å². The van der Waals surface area contributed by atoms with E-state index >= 15 is 0 Å². The van der Waals surface area contributed by atoms with Gasteiger partial charge in [0.15, 0.2) is 0 Å². The molecule has 0 aromatic carbocycles. The summed E-state index contributed by atoms with van der Waals surface area (Å²) in [5.74, 6) is 0.236. The molecule has 0 spiro atoms. The Morgan fingerprint density at radius 1 is 0.952 bits per heavy atom. The average molecular weight is 301 g/mol. The molecular weight excluding hydrogens is 260 g/mol. The largest absolute Gasteiger partial charge is 0.343 e. The first-order chi connectivity index (χ1) is 10.2. The molecule has 0 N–H and O–H groups in total. The second kappa shape index (κ2) is 17.5. The SMILES string of the molecule is CC.CC.CCCCN(CCCCN1CCCC1)C(C)=O. The molecule has 0 atom stereocenters. The number of hydrogen-bond acceptors (Lipinski definition) is 2. The van der Waals surface area contributed by atoms with Crippen LogP contribution >= 0.6 is 0 Å². The molecule has 3 heteroatoms. The zero-order valence-electron chi connectivity index (χ0n) is 15.6. The summed E-state index contributed by atoms with van der Waals surface area (Å²) >= 11 is 0. The molecule has 0 saturated carbocycles. The standard InChI is InChI=1S/C14H28N2O.2C2H6/c1-3-4-12-16(14(2)17)13-8-7-11-15-9-5-6-10-15;2*1-2/h3-13H2,1-2H3;2*1-2H3. The third-order valence-corrected chi connectivity index (χ3v) is 3.58. The summed E-state index contributed by atoms with van der Waals surface area (Å²) < 4.78 is 0. The molecule has 0 aromatic heterocycles. The second-order valence-corrected chi connectivity index (χ2v) is 5.12.